The van der Waals surface area contributed by atoms with Gasteiger partial charge < -0.3 is 4.90 Å². The van der Waals surface area contributed by atoms with Crippen molar-refractivity contribution in [2.45, 2.75) is 31.6 Å². The predicted molar refractivity (Wildman–Crippen MR) is 270 cm³/mol. The molecule has 0 bridgehead atoms. The molecule has 10 aromatic carbocycles. The average Bonchev–Trinajstić information content (AvgIpc) is 3.76. The molecule has 2 aliphatic carbocycles. The Kier molecular flexibility index (Phi) is 8.71. The average molecular weight is 818 g/mol. The van der Waals surface area contributed by atoms with Crippen LogP contribution in [0.25, 0.3) is 66.4 Å². The molecule has 0 N–H and O–H groups in total. The molecule has 0 aromatic heterocycles. The fourth-order valence-corrected chi connectivity index (χ4v) is 11.2. The highest BCUT2D eigenvalue weighted by Crippen LogP contribution is 2.55. The van der Waals surface area contributed by atoms with Crippen LogP contribution in [0, 0.1) is 0 Å². The zero-order chi connectivity index (χ0) is 43.0. The monoisotopic (exact) mass is 817 g/mol. The van der Waals surface area contributed by atoms with Crippen molar-refractivity contribution in [2.24, 2.45) is 0 Å². The van der Waals surface area contributed by atoms with Gasteiger partial charge in [0.15, 0.2) is 0 Å². The molecule has 1 heteroatoms. The largest absolute Gasteiger partial charge is 0.310 e. The van der Waals surface area contributed by atoms with E-state index in [2.05, 4.69) is 256 Å². The minimum absolute atomic E-state index is 0.157. The van der Waals surface area contributed by atoms with Crippen LogP contribution in [0.15, 0.2) is 231 Å². The van der Waals surface area contributed by atoms with Gasteiger partial charge >= 0.3 is 0 Å². The second-order valence-electron chi connectivity index (χ2n) is 18.2. The van der Waals surface area contributed by atoms with E-state index in [1.54, 1.807) is 0 Å². The number of fused-ring (bicyclic) bond motifs is 7. The second-order valence-corrected chi connectivity index (χ2v) is 18.2. The first-order chi connectivity index (χ1) is 31.4. The van der Waals surface area contributed by atoms with Gasteiger partial charge in [-0.3, -0.25) is 0 Å². The number of benzene rings is 10. The van der Waals surface area contributed by atoms with E-state index in [1.807, 2.05) is 0 Å². The lowest BCUT2D eigenvalue weighted by atomic mass is 9.74. The van der Waals surface area contributed by atoms with Crippen LogP contribution in [0.5, 0.6) is 0 Å². The van der Waals surface area contributed by atoms with Gasteiger partial charge in [-0.1, -0.05) is 208 Å². The van der Waals surface area contributed by atoms with Crippen LogP contribution >= 0.6 is 0 Å². The molecule has 0 heterocycles. The van der Waals surface area contributed by atoms with Crippen molar-refractivity contribution < 1.29 is 0 Å². The molecule has 2 aliphatic rings. The first-order valence-corrected chi connectivity index (χ1v) is 22.5. The maximum Gasteiger partial charge on any atom is 0.0540 e. The molecule has 0 radical (unpaired) electrons. The smallest absolute Gasteiger partial charge is 0.0540 e. The molecular formula is C63H47N. The van der Waals surface area contributed by atoms with Crippen LogP contribution in [0.4, 0.5) is 17.1 Å². The number of para-hydroxylation sites is 1. The maximum atomic E-state index is 2.45. The highest BCUT2D eigenvalue weighted by molar-refractivity contribution is 5.98. The van der Waals surface area contributed by atoms with Crippen molar-refractivity contribution in [3.63, 3.8) is 0 Å². The SMILES string of the molecule is CC1(C)c2ccccc2-c2cccc(-c3ccccc3N(c3ccc(-c4ccc5c(c4)C(C)(c4ccccc4)c4ccccc4-5)cc3)c3ccc(-c4cccc5ccccc45)cc3)c21. The van der Waals surface area contributed by atoms with Crippen LogP contribution in [0.2, 0.25) is 0 Å². The molecule has 1 atom stereocenters. The van der Waals surface area contributed by atoms with Crippen molar-refractivity contribution in [1.82, 2.24) is 0 Å². The number of nitrogens with zero attached hydrogens (tertiary/aromatic N) is 1. The molecule has 10 aromatic rings. The molecule has 64 heavy (non-hydrogen) atoms. The molecule has 0 saturated carbocycles. The van der Waals surface area contributed by atoms with Crippen LogP contribution in [0.3, 0.4) is 0 Å². The zero-order valence-corrected chi connectivity index (χ0v) is 36.4. The van der Waals surface area contributed by atoms with Gasteiger partial charge in [-0.15, -0.1) is 0 Å². The quantitative estimate of drug-likeness (QED) is 0.155. The molecule has 12 rings (SSSR count). The van der Waals surface area contributed by atoms with Crippen LogP contribution in [-0.2, 0) is 10.8 Å². The Bertz CT molecular complexity index is 3410. The Balaban J connectivity index is 0.994. The number of rotatable bonds is 7. The Labute approximate surface area is 376 Å². The predicted octanol–water partition coefficient (Wildman–Crippen LogP) is 17.0. The number of hydrogen-bond acceptors (Lipinski definition) is 1. The van der Waals surface area contributed by atoms with Crippen LogP contribution < -0.4 is 4.90 Å². The van der Waals surface area contributed by atoms with E-state index in [9.17, 15) is 0 Å². The molecule has 0 fully saturated rings. The zero-order valence-electron chi connectivity index (χ0n) is 36.4. The molecule has 1 unspecified atom stereocenters. The third-order valence-electron chi connectivity index (χ3n) is 14.4. The fraction of sp³-hybridized carbons (Fsp3) is 0.0794. The maximum absolute atomic E-state index is 2.45. The lowest BCUT2D eigenvalue weighted by Crippen LogP contribution is -2.22. The molecular weight excluding hydrogens is 771 g/mol. The molecule has 0 aliphatic heterocycles. The summed E-state index contributed by atoms with van der Waals surface area (Å²) in [6, 6.07) is 85.4. The first kappa shape index (κ1) is 38.0. The third kappa shape index (κ3) is 5.77. The summed E-state index contributed by atoms with van der Waals surface area (Å²) in [5.41, 5.74) is 22.3. The lowest BCUT2D eigenvalue weighted by Gasteiger charge is -2.30. The molecule has 304 valence electrons. The van der Waals surface area contributed by atoms with Gasteiger partial charge in [-0.25, -0.2) is 0 Å². The standard InChI is InChI=1S/C63H47N/c1-62(2)57-28-12-9-23-52(57)55-26-16-27-56(61(55)62)54-24-11-14-30-60(54)64(48-38-33-44(34-39-48)50-25-15-18-43-17-7-8-21-49(43)50)47-36-31-42(32-37-47)45-35-40-53-51-22-10-13-29-58(51)63(3,59(53)41-45)46-19-5-4-6-20-46/h4-41H,1-3H3. The summed E-state index contributed by atoms with van der Waals surface area (Å²) in [6.07, 6.45) is 0. The van der Waals surface area contributed by atoms with Gasteiger partial charge in [-0.05, 0) is 132 Å². The summed E-state index contributed by atoms with van der Waals surface area (Å²) in [5, 5.41) is 2.51. The number of anilines is 3. The van der Waals surface area contributed by atoms with E-state index in [-0.39, 0.29) is 10.8 Å². The van der Waals surface area contributed by atoms with Gasteiger partial charge in [0.1, 0.15) is 0 Å². The van der Waals surface area contributed by atoms with Crippen LogP contribution in [0.1, 0.15) is 48.6 Å². The summed E-state index contributed by atoms with van der Waals surface area (Å²) in [4.78, 5) is 2.45. The van der Waals surface area contributed by atoms with Crippen LogP contribution in [-0.4, -0.2) is 0 Å². The molecule has 0 spiro atoms. The van der Waals surface area contributed by atoms with E-state index in [1.165, 1.54) is 94.2 Å². The van der Waals surface area contributed by atoms with Crippen molar-refractivity contribution in [3.05, 3.63) is 258 Å². The highest BCUT2D eigenvalue weighted by atomic mass is 15.1. The summed E-state index contributed by atoms with van der Waals surface area (Å²) in [7, 11) is 0. The van der Waals surface area contributed by atoms with Gasteiger partial charge in [0, 0.05) is 27.8 Å². The van der Waals surface area contributed by atoms with Crippen molar-refractivity contribution in [1.29, 1.82) is 0 Å². The van der Waals surface area contributed by atoms with E-state index in [4.69, 9.17) is 0 Å². The molecule has 0 saturated heterocycles. The van der Waals surface area contributed by atoms with Crippen molar-refractivity contribution in [2.75, 3.05) is 4.90 Å². The summed E-state index contributed by atoms with van der Waals surface area (Å²) >= 11 is 0. The Morgan fingerprint density at radius 2 is 0.828 bits per heavy atom. The minimum Gasteiger partial charge on any atom is -0.310 e. The molecule has 1 nitrogen and oxygen atoms in total. The third-order valence-corrected chi connectivity index (χ3v) is 14.4. The summed E-state index contributed by atoms with van der Waals surface area (Å²) in [5.74, 6) is 0. The van der Waals surface area contributed by atoms with Crippen molar-refractivity contribution >= 4 is 27.8 Å². The first-order valence-electron chi connectivity index (χ1n) is 22.5. The summed E-state index contributed by atoms with van der Waals surface area (Å²) < 4.78 is 0. The Hall–Kier alpha value is -7.74. The van der Waals surface area contributed by atoms with E-state index in [0.717, 1.165) is 17.1 Å². The minimum atomic E-state index is -0.255. The normalized spacial score (nSPS) is 15.3. The van der Waals surface area contributed by atoms with Gasteiger partial charge in [0.25, 0.3) is 0 Å². The lowest BCUT2D eigenvalue weighted by molar-refractivity contribution is 0.662. The summed E-state index contributed by atoms with van der Waals surface area (Å²) in [6.45, 7) is 7.15. The Morgan fingerprint density at radius 3 is 1.58 bits per heavy atom. The highest BCUT2D eigenvalue weighted by Gasteiger charge is 2.41. The number of hydrogen-bond donors (Lipinski definition) is 0. The van der Waals surface area contributed by atoms with E-state index >= 15 is 0 Å². The van der Waals surface area contributed by atoms with Gasteiger partial charge in [-0.2, -0.15) is 0 Å². The van der Waals surface area contributed by atoms with Gasteiger partial charge in [0.2, 0.25) is 0 Å². The Morgan fingerprint density at radius 1 is 0.328 bits per heavy atom. The van der Waals surface area contributed by atoms with E-state index < -0.39 is 0 Å². The molecule has 0 amide bonds. The second kappa shape index (κ2) is 14.7. The fourth-order valence-electron chi connectivity index (χ4n) is 11.2. The topological polar surface area (TPSA) is 3.24 Å². The van der Waals surface area contributed by atoms with E-state index in [0.29, 0.717) is 0 Å². The van der Waals surface area contributed by atoms with Gasteiger partial charge in [0.05, 0.1) is 5.69 Å². The van der Waals surface area contributed by atoms with Crippen molar-refractivity contribution in [3.8, 4) is 55.6 Å².